The molecule has 4 rings (SSSR count). The minimum Gasteiger partial charge on any atom is -0.345 e. The fourth-order valence-corrected chi connectivity index (χ4v) is 3.45. The van der Waals surface area contributed by atoms with Gasteiger partial charge in [0.2, 0.25) is 11.8 Å². The Morgan fingerprint density at radius 1 is 1.20 bits per heavy atom. The Hall–Kier alpha value is -2.38. The lowest BCUT2D eigenvalue weighted by molar-refractivity contribution is -0.149. The Morgan fingerprint density at radius 2 is 2.00 bits per heavy atom. The maximum Gasteiger partial charge on any atom is 0.244 e. The van der Waals surface area contributed by atoms with Crippen LogP contribution in [0.5, 0.6) is 0 Å². The Morgan fingerprint density at radius 3 is 2.80 bits per heavy atom. The third-order valence-electron chi connectivity index (χ3n) is 4.63. The molecule has 2 fully saturated rings. The molecule has 0 bridgehead atoms. The highest BCUT2D eigenvalue weighted by Crippen LogP contribution is 2.17. The van der Waals surface area contributed by atoms with Gasteiger partial charge >= 0.3 is 0 Å². The zero-order valence-electron chi connectivity index (χ0n) is 13.6. The highest BCUT2D eigenvalue weighted by molar-refractivity contribution is 6.30. The van der Waals surface area contributed by atoms with Crippen molar-refractivity contribution in [2.24, 2.45) is 0 Å². The SMILES string of the molecule is O=C1NCC(=O)N2CCN(Cc3cnn(-c4ccc(Cl)cc4)c3)C[C@@H]12. The van der Waals surface area contributed by atoms with Crippen LogP contribution in [0.25, 0.3) is 5.69 Å². The first kappa shape index (κ1) is 16.1. The van der Waals surface area contributed by atoms with E-state index in [4.69, 9.17) is 11.6 Å². The van der Waals surface area contributed by atoms with Crippen molar-refractivity contribution >= 4 is 23.4 Å². The van der Waals surface area contributed by atoms with E-state index in [-0.39, 0.29) is 24.4 Å². The first-order valence-electron chi connectivity index (χ1n) is 8.19. The number of aromatic nitrogens is 2. The molecule has 0 unspecified atom stereocenters. The Bertz CT molecular complexity index is 804. The van der Waals surface area contributed by atoms with E-state index < -0.39 is 0 Å². The summed E-state index contributed by atoms with van der Waals surface area (Å²) in [6, 6.07) is 7.10. The van der Waals surface area contributed by atoms with E-state index in [1.165, 1.54) is 0 Å². The van der Waals surface area contributed by atoms with Gasteiger partial charge in [-0.2, -0.15) is 5.10 Å². The van der Waals surface area contributed by atoms with Gasteiger partial charge in [0.1, 0.15) is 6.04 Å². The van der Waals surface area contributed by atoms with E-state index in [2.05, 4.69) is 15.3 Å². The maximum atomic E-state index is 12.0. The molecule has 8 heteroatoms. The smallest absolute Gasteiger partial charge is 0.244 e. The van der Waals surface area contributed by atoms with Crippen LogP contribution in [0.3, 0.4) is 0 Å². The maximum absolute atomic E-state index is 12.0. The van der Waals surface area contributed by atoms with Gasteiger partial charge in [-0.3, -0.25) is 14.5 Å². The molecule has 0 spiro atoms. The summed E-state index contributed by atoms with van der Waals surface area (Å²) >= 11 is 5.91. The number of hydrogen-bond donors (Lipinski definition) is 1. The Kier molecular flexibility index (Phi) is 4.19. The molecule has 3 heterocycles. The van der Waals surface area contributed by atoms with Gasteiger partial charge in [-0.15, -0.1) is 0 Å². The molecule has 2 amide bonds. The molecule has 2 saturated heterocycles. The topological polar surface area (TPSA) is 70.5 Å². The van der Waals surface area contributed by atoms with Crippen molar-refractivity contribution in [3.05, 3.63) is 47.2 Å². The highest BCUT2D eigenvalue weighted by Gasteiger charge is 2.38. The molecule has 2 aliphatic heterocycles. The number of rotatable bonds is 3. The van der Waals surface area contributed by atoms with Crippen LogP contribution in [0.4, 0.5) is 0 Å². The van der Waals surface area contributed by atoms with E-state index >= 15 is 0 Å². The molecule has 1 atom stereocenters. The van der Waals surface area contributed by atoms with Crippen molar-refractivity contribution in [2.75, 3.05) is 26.2 Å². The predicted octanol–water partition coefficient (Wildman–Crippen LogP) is 0.668. The van der Waals surface area contributed by atoms with Crippen LogP contribution in [0.2, 0.25) is 5.02 Å². The Labute approximate surface area is 150 Å². The van der Waals surface area contributed by atoms with Crippen molar-refractivity contribution in [3.63, 3.8) is 0 Å². The molecule has 7 nitrogen and oxygen atoms in total. The normalized spacial score (nSPS) is 21.2. The average molecular weight is 360 g/mol. The quantitative estimate of drug-likeness (QED) is 0.874. The standard InChI is InChI=1S/C17H18ClN5O2/c18-13-1-3-14(4-2-13)23-10-12(7-20-23)9-21-5-6-22-15(11-21)17(25)19-8-16(22)24/h1-4,7,10,15H,5-6,8-9,11H2,(H,19,25)/t15-/m0/s1. The van der Waals surface area contributed by atoms with Gasteiger partial charge in [-0.25, -0.2) is 4.68 Å². The molecule has 2 aliphatic rings. The van der Waals surface area contributed by atoms with E-state index in [0.717, 1.165) is 17.8 Å². The number of hydrogen-bond acceptors (Lipinski definition) is 4. The summed E-state index contributed by atoms with van der Waals surface area (Å²) in [5.41, 5.74) is 2.00. The third kappa shape index (κ3) is 3.25. The van der Waals surface area contributed by atoms with Crippen LogP contribution < -0.4 is 5.32 Å². The van der Waals surface area contributed by atoms with Gasteiger partial charge in [0.15, 0.2) is 0 Å². The highest BCUT2D eigenvalue weighted by atomic mass is 35.5. The molecular formula is C17H18ClN5O2. The monoisotopic (exact) mass is 359 g/mol. The van der Waals surface area contributed by atoms with E-state index in [1.807, 2.05) is 36.7 Å². The molecule has 0 saturated carbocycles. The minimum absolute atomic E-state index is 0.000178. The number of benzene rings is 1. The zero-order chi connectivity index (χ0) is 17.4. The molecular weight excluding hydrogens is 342 g/mol. The number of piperazine rings is 2. The lowest BCUT2D eigenvalue weighted by Crippen LogP contribution is -2.65. The molecule has 2 aromatic rings. The largest absolute Gasteiger partial charge is 0.345 e. The van der Waals surface area contributed by atoms with Crippen LogP contribution >= 0.6 is 11.6 Å². The van der Waals surface area contributed by atoms with Crippen molar-refractivity contribution in [2.45, 2.75) is 12.6 Å². The van der Waals surface area contributed by atoms with E-state index in [1.54, 1.807) is 9.58 Å². The predicted molar refractivity (Wildman–Crippen MR) is 92.4 cm³/mol. The van der Waals surface area contributed by atoms with Crippen LogP contribution in [-0.2, 0) is 16.1 Å². The first-order valence-corrected chi connectivity index (χ1v) is 8.57. The number of halogens is 1. The summed E-state index contributed by atoms with van der Waals surface area (Å²) in [7, 11) is 0. The fraction of sp³-hybridized carbons (Fsp3) is 0.353. The number of fused-ring (bicyclic) bond motifs is 1. The van der Waals surface area contributed by atoms with Crippen LogP contribution in [0, 0.1) is 0 Å². The second-order valence-corrected chi connectivity index (χ2v) is 6.76. The van der Waals surface area contributed by atoms with Crippen molar-refractivity contribution in [3.8, 4) is 5.69 Å². The summed E-state index contributed by atoms with van der Waals surface area (Å²) in [4.78, 5) is 27.8. The molecule has 1 aromatic carbocycles. The summed E-state index contributed by atoms with van der Waals surface area (Å²) < 4.78 is 1.80. The van der Waals surface area contributed by atoms with Crippen molar-refractivity contribution in [1.29, 1.82) is 0 Å². The van der Waals surface area contributed by atoms with Crippen LogP contribution in [0.1, 0.15) is 5.56 Å². The minimum atomic E-state index is -0.388. The van der Waals surface area contributed by atoms with Gasteiger partial charge in [0, 0.05) is 43.0 Å². The number of nitrogens with one attached hydrogen (secondary N) is 1. The van der Waals surface area contributed by atoms with Crippen molar-refractivity contribution in [1.82, 2.24) is 24.9 Å². The van der Waals surface area contributed by atoms with E-state index in [0.29, 0.717) is 24.7 Å². The molecule has 0 aliphatic carbocycles. The van der Waals surface area contributed by atoms with Gasteiger partial charge in [0.05, 0.1) is 18.4 Å². The lowest BCUT2D eigenvalue weighted by Gasteiger charge is -2.42. The number of nitrogens with zero attached hydrogens (tertiary/aromatic N) is 4. The lowest BCUT2D eigenvalue weighted by atomic mass is 10.1. The average Bonchev–Trinajstić information content (AvgIpc) is 3.07. The molecule has 130 valence electrons. The summed E-state index contributed by atoms with van der Waals surface area (Å²) in [6.07, 6.45) is 3.80. The third-order valence-corrected chi connectivity index (χ3v) is 4.89. The summed E-state index contributed by atoms with van der Waals surface area (Å²) in [5.74, 6) is -0.0685. The number of amides is 2. The fourth-order valence-electron chi connectivity index (χ4n) is 3.32. The molecule has 0 radical (unpaired) electrons. The second-order valence-electron chi connectivity index (χ2n) is 6.33. The van der Waals surface area contributed by atoms with Gasteiger partial charge in [-0.05, 0) is 24.3 Å². The summed E-state index contributed by atoms with van der Waals surface area (Å²) in [5, 5.41) is 7.74. The van der Waals surface area contributed by atoms with Gasteiger partial charge in [-0.1, -0.05) is 11.6 Å². The van der Waals surface area contributed by atoms with Crippen LogP contribution in [0.15, 0.2) is 36.7 Å². The van der Waals surface area contributed by atoms with Crippen molar-refractivity contribution < 1.29 is 9.59 Å². The molecule has 25 heavy (non-hydrogen) atoms. The molecule has 1 aromatic heterocycles. The first-order chi connectivity index (χ1) is 12.1. The Balaban J connectivity index is 1.44. The zero-order valence-corrected chi connectivity index (χ0v) is 14.3. The number of carbonyl (C=O) groups is 2. The van der Waals surface area contributed by atoms with Gasteiger partial charge < -0.3 is 10.2 Å². The van der Waals surface area contributed by atoms with Gasteiger partial charge in [0.25, 0.3) is 0 Å². The van der Waals surface area contributed by atoms with E-state index in [9.17, 15) is 9.59 Å². The second kappa shape index (κ2) is 6.50. The summed E-state index contributed by atoms with van der Waals surface area (Å²) in [6.45, 7) is 2.69. The van der Waals surface area contributed by atoms with Crippen LogP contribution in [-0.4, -0.2) is 63.6 Å². The number of carbonyl (C=O) groups excluding carboxylic acids is 2. The molecule has 1 N–H and O–H groups in total.